The molecule has 5 aromatic rings. The van der Waals surface area contributed by atoms with Crippen LogP contribution >= 0.6 is 0 Å². The number of rotatable bonds is 15. The number of aliphatic hydroxyl groups is 1. The second-order valence-electron chi connectivity index (χ2n) is 12.9. The van der Waals surface area contributed by atoms with E-state index in [0.717, 1.165) is 12.8 Å². The van der Waals surface area contributed by atoms with Crippen LogP contribution in [0.15, 0.2) is 79.0 Å². The molecule has 2 aromatic carbocycles. The molecule has 12 nitrogen and oxygen atoms in total. The Balaban J connectivity index is 1.49. The van der Waals surface area contributed by atoms with Gasteiger partial charge in [0.25, 0.3) is 8.32 Å². The fourth-order valence-corrected chi connectivity index (χ4v) is 11.0. The third-order valence-electron chi connectivity index (χ3n) is 8.56. The zero-order valence-corrected chi connectivity index (χ0v) is 29.7. The van der Waals surface area contributed by atoms with Crippen molar-refractivity contribution in [3.8, 4) is 5.75 Å². The van der Waals surface area contributed by atoms with Crippen molar-refractivity contribution in [2.45, 2.75) is 71.2 Å². The quantitative estimate of drug-likeness (QED) is 0.105. The van der Waals surface area contributed by atoms with Crippen LogP contribution in [0.3, 0.4) is 0 Å². The van der Waals surface area contributed by atoms with Gasteiger partial charge in [-0.15, -0.1) is 0 Å². The molecule has 0 aliphatic carbocycles. The van der Waals surface area contributed by atoms with Gasteiger partial charge in [0, 0.05) is 12.6 Å². The summed E-state index contributed by atoms with van der Waals surface area (Å²) in [6, 6.07) is 24.5. The van der Waals surface area contributed by atoms with Crippen molar-refractivity contribution in [1.82, 2.24) is 24.7 Å². The summed E-state index contributed by atoms with van der Waals surface area (Å²) in [6.07, 6.45) is 2.70. The first kappa shape index (κ1) is 35.5. The molecule has 0 aliphatic rings. The van der Waals surface area contributed by atoms with Gasteiger partial charge in [-0.2, -0.15) is 10.1 Å². The number of hydrogen-bond acceptors (Lipinski definition) is 9. The first-order valence-electron chi connectivity index (χ1n) is 16.5. The highest BCUT2D eigenvalue weighted by Gasteiger charge is 2.50. The second-order valence-corrected chi connectivity index (χ2v) is 17.2. The number of amides is 1. The molecule has 4 N–H and O–H groups in total. The zero-order valence-electron chi connectivity index (χ0n) is 28.7. The first-order valence-corrected chi connectivity index (χ1v) is 18.4. The summed E-state index contributed by atoms with van der Waals surface area (Å²) in [5, 5.41) is 31.9. The van der Waals surface area contributed by atoms with Crippen LogP contribution in [0.25, 0.3) is 11.0 Å². The minimum atomic E-state index is -2.74. The standard InChI is InChI=1S/C36H45N7O5Si/c1-6-13-25(20-21-48-49(36(2,3)4,27-14-9-7-10-15-27)28-16-11-8-12-17-28)39-33-32-29(40-34(41-33)42-35(45)46)22-37-43(32)23-30-31(47-5)19-18-26(24-44)38-30/h7-12,14-19,22,25,44H,6,13,20-21,23-24H2,1-5H3,(H,45,46)(H2,39,40,41,42)/t25-/m0/s1. The predicted octanol–water partition coefficient (Wildman–Crippen LogP) is 5.41. The Bertz CT molecular complexity index is 1810. The largest absolute Gasteiger partial charge is 0.495 e. The molecule has 3 aromatic heterocycles. The topological polar surface area (TPSA) is 157 Å². The predicted molar refractivity (Wildman–Crippen MR) is 193 cm³/mol. The van der Waals surface area contributed by atoms with Crippen molar-refractivity contribution in [3.05, 3.63) is 90.4 Å². The van der Waals surface area contributed by atoms with Crippen LogP contribution in [0.2, 0.25) is 5.04 Å². The molecular formula is C36H45N7O5Si. The minimum absolute atomic E-state index is 0.0566. The Morgan fingerprint density at radius 2 is 1.63 bits per heavy atom. The molecule has 3 heterocycles. The van der Waals surface area contributed by atoms with Gasteiger partial charge in [-0.25, -0.2) is 14.8 Å². The lowest BCUT2D eigenvalue weighted by molar-refractivity contribution is 0.209. The van der Waals surface area contributed by atoms with Gasteiger partial charge in [-0.05, 0) is 40.4 Å². The molecule has 0 spiro atoms. The number of carbonyl (C=O) groups is 1. The summed E-state index contributed by atoms with van der Waals surface area (Å²) < 4.78 is 14.4. The number of pyridine rings is 1. The van der Waals surface area contributed by atoms with Crippen LogP contribution in [0.4, 0.5) is 16.6 Å². The van der Waals surface area contributed by atoms with Crippen LogP contribution in [0.1, 0.15) is 58.3 Å². The summed E-state index contributed by atoms with van der Waals surface area (Å²) in [5.74, 6) is 0.927. The smallest absolute Gasteiger partial charge is 0.411 e. The number of benzene rings is 2. The Morgan fingerprint density at radius 3 is 2.20 bits per heavy atom. The van der Waals surface area contributed by atoms with Crippen molar-refractivity contribution < 1.29 is 24.2 Å². The number of carboxylic acid groups (broad SMARTS) is 1. The number of nitrogens with zero attached hydrogens (tertiary/aromatic N) is 5. The molecule has 13 heteroatoms. The van der Waals surface area contributed by atoms with Crippen molar-refractivity contribution in [1.29, 1.82) is 0 Å². The molecule has 0 saturated heterocycles. The maximum Gasteiger partial charge on any atom is 0.411 e. The Labute approximate surface area is 287 Å². The molecule has 0 radical (unpaired) electrons. The van der Waals surface area contributed by atoms with Gasteiger partial charge >= 0.3 is 6.09 Å². The fraction of sp³-hybridized carbons (Fsp3) is 0.361. The van der Waals surface area contributed by atoms with E-state index in [1.54, 1.807) is 30.1 Å². The lowest BCUT2D eigenvalue weighted by Gasteiger charge is -2.43. The maximum atomic E-state index is 11.6. The number of fused-ring (bicyclic) bond motifs is 1. The van der Waals surface area contributed by atoms with Gasteiger partial charge in [0.15, 0.2) is 5.82 Å². The van der Waals surface area contributed by atoms with E-state index in [0.29, 0.717) is 47.0 Å². The van der Waals surface area contributed by atoms with Crippen molar-refractivity contribution >= 4 is 47.6 Å². The molecule has 0 unspecified atom stereocenters. The van der Waals surface area contributed by atoms with E-state index in [2.05, 4.69) is 107 Å². The highest BCUT2D eigenvalue weighted by Crippen LogP contribution is 2.37. The average molecular weight is 684 g/mol. The van der Waals surface area contributed by atoms with Gasteiger partial charge < -0.3 is 24.7 Å². The average Bonchev–Trinajstić information content (AvgIpc) is 3.49. The van der Waals surface area contributed by atoms with Gasteiger partial charge in [0.2, 0.25) is 5.95 Å². The summed E-state index contributed by atoms with van der Waals surface area (Å²) >= 11 is 0. The highest BCUT2D eigenvalue weighted by atomic mass is 28.4. The van der Waals surface area contributed by atoms with Gasteiger partial charge in [-0.1, -0.05) is 94.8 Å². The zero-order chi connectivity index (χ0) is 35.0. The van der Waals surface area contributed by atoms with Crippen molar-refractivity contribution in [2.75, 3.05) is 24.4 Å². The van der Waals surface area contributed by atoms with Gasteiger partial charge in [0.1, 0.15) is 22.5 Å². The van der Waals surface area contributed by atoms with Gasteiger partial charge in [0.05, 0.1) is 32.2 Å². The molecule has 0 fully saturated rings. The molecule has 1 amide bonds. The first-order chi connectivity index (χ1) is 23.6. The molecular weight excluding hydrogens is 639 g/mol. The van der Waals surface area contributed by atoms with Crippen LogP contribution < -0.4 is 25.7 Å². The number of ether oxygens (including phenoxy) is 1. The van der Waals surface area contributed by atoms with Crippen LogP contribution in [-0.2, 0) is 17.6 Å². The number of hydrogen-bond donors (Lipinski definition) is 4. The number of aliphatic hydroxyl groups excluding tert-OH is 1. The van der Waals surface area contributed by atoms with E-state index >= 15 is 0 Å². The Kier molecular flexibility index (Phi) is 11.3. The fourth-order valence-electron chi connectivity index (χ4n) is 6.38. The third-order valence-corrected chi connectivity index (χ3v) is 13.6. The van der Waals surface area contributed by atoms with E-state index in [9.17, 15) is 15.0 Å². The van der Waals surface area contributed by atoms with Crippen molar-refractivity contribution in [2.24, 2.45) is 0 Å². The number of methoxy groups -OCH3 is 1. The third kappa shape index (κ3) is 7.90. The molecule has 0 bridgehead atoms. The second kappa shape index (κ2) is 15.6. The molecule has 0 aliphatic heterocycles. The molecule has 5 rings (SSSR count). The van der Waals surface area contributed by atoms with E-state index in [4.69, 9.17) is 9.16 Å². The SMILES string of the molecule is CCC[C@@H](CCO[Si](c1ccccc1)(c1ccccc1)C(C)(C)C)Nc1nc(NC(=O)O)nc2cnn(Cc3nc(CO)ccc3OC)c12. The van der Waals surface area contributed by atoms with Crippen LogP contribution in [-0.4, -0.2) is 69.1 Å². The van der Waals surface area contributed by atoms with Gasteiger partial charge in [-0.3, -0.25) is 10.00 Å². The monoisotopic (exact) mass is 683 g/mol. The summed E-state index contributed by atoms with van der Waals surface area (Å²) in [6.45, 7) is 9.39. The molecule has 49 heavy (non-hydrogen) atoms. The van der Waals surface area contributed by atoms with Crippen LogP contribution in [0, 0.1) is 0 Å². The molecule has 1 atom stereocenters. The molecule has 258 valence electrons. The number of nitrogens with one attached hydrogen (secondary N) is 2. The normalized spacial score (nSPS) is 12.5. The highest BCUT2D eigenvalue weighted by molar-refractivity contribution is 6.99. The number of aromatic nitrogens is 5. The number of anilines is 2. The Morgan fingerprint density at radius 1 is 0.959 bits per heavy atom. The maximum absolute atomic E-state index is 11.6. The summed E-state index contributed by atoms with van der Waals surface area (Å²) in [5.41, 5.74) is 2.11. The van der Waals surface area contributed by atoms with E-state index in [1.165, 1.54) is 10.4 Å². The Hall–Kier alpha value is -4.85. The summed E-state index contributed by atoms with van der Waals surface area (Å²) in [4.78, 5) is 25.2. The summed E-state index contributed by atoms with van der Waals surface area (Å²) in [7, 11) is -1.18. The van der Waals surface area contributed by atoms with E-state index in [1.807, 2.05) is 12.1 Å². The van der Waals surface area contributed by atoms with E-state index < -0.39 is 14.4 Å². The molecule has 0 saturated carbocycles. The lowest BCUT2D eigenvalue weighted by Crippen LogP contribution is -2.66. The lowest BCUT2D eigenvalue weighted by atomic mass is 10.1. The minimum Gasteiger partial charge on any atom is -0.495 e. The van der Waals surface area contributed by atoms with Crippen LogP contribution in [0.5, 0.6) is 5.75 Å². The van der Waals surface area contributed by atoms with Crippen molar-refractivity contribution in [3.63, 3.8) is 0 Å². The van der Waals surface area contributed by atoms with E-state index in [-0.39, 0.29) is 30.2 Å².